The van der Waals surface area contributed by atoms with Crippen molar-refractivity contribution in [1.82, 2.24) is 9.80 Å². The molecule has 8 heteroatoms. The lowest BCUT2D eigenvalue weighted by Gasteiger charge is -2.36. The number of morpholine rings is 1. The predicted molar refractivity (Wildman–Crippen MR) is 104 cm³/mol. The molecule has 1 saturated heterocycles. The zero-order chi connectivity index (χ0) is 16.1. The van der Waals surface area contributed by atoms with Gasteiger partial charge >= 0.3 is 0 Å². The van der Waals surface area contributed by atoms with Crippen molar-refractivity contribution in [3.63, 3.8) is 0 Å². The van der Waals surface area contributed by atoms with Gasteiger partial charge in [-0.1, -0.05) is 13.0 Å². The number of amides is 1. The summed E-state index contributed by atoms with van der Waals surface area (Å²) >= 11 is 1.75. The summed E-state index contributed by atoms with van der Waals surface area (Å²) in [6, 6.07) is 4.33. The number of thiophene rings is 1. The van der Waals surface area contributed by atoms with Crippen molar-refractivity contribution in [3.05, 3.63) is 22.4 Å². The first-order valence-electron chi connectivity index (χ1n) is 7.86. The number of carbonyl (C=O) groups is 1. The summed E-state index contributed by atoms with van der Waals surface area (Å²) in [6.07, 6.45) is 0. The molecule has 24 heavy (non-hydrogen) atoms. The van der Waals surface area contributed by atoms with Crippen molar-refractivity contribution < 1.29 is 9.53 Å². The first kappa shape index (κ1) is 23.6. The maximum absolute atomic E-state index is 12.5. The van der Waals surface area contributed by atoms with Crippen LogP contribution in [0.5, 0.6) is 0 Å². The number of halogens is 2. The van der Waals surface area contributed by atoms with Gasteiger partial charge in [-0.15, -0.1) is 36.2 Å². The van der Waals surface area contributed by atoms with Crippen LogP contribution >= 0.6 is 36.2 Å². The predicted octanol–water partition coefficient (Wildman–Crippen LogP) is 2.41. The summed E-state index contributed by atoms with van der Waals surface area (Å²) in [6.45, 7) is 7.82. The summed E-state index contributed by atoms with van der Waals surface area (Å²) in [4.78, 5) is 18.0. The van der Waals surface area contributed by atoms with E-state index in [0.717, 1.165) is 26.3 Å². The minimum absolute atomic E-state index is 0. The van der Waals surface area contributed by atoms with Gasteiger partial charge in [0.1, 0.15) is 0 Å². The Hall–Kier alpha value is -0.370. The third-order valence-corrected chi connectivity index (χ3v) is 5.33. The van der Waals surface area contributed by atoms with Crippen molar-refractivity contribution in [3.8, 4) is 0 Å². The molecule has 0 saturated carbocycles. The Morgan fingerprint density at radius 3 is 2.50 bits per heavy atom. The second kappa shape index (κ2) is 11.3. The lowest BCUT2D eigenvalue weighted by Crippen LogP contribution is -2.46. The molecule has 3 atom stereocenters. The third-order valence-electron chi connectivity index (χ3n) is 4.36. The maximum Gasteiger partial charge on any atom is 0.226 e. The molecule has 2 heterocycles. The van der Waals surface area contributed by atoms with Crippen LogP contribution in [0.3, 0.4) is 0 Å². The highest BCUT2D eigenvalue weighted by Crippen LogP contribution is 2.27. The van der Waals surface area contributed by atoms with Crippen molar-refractivity contribution in [1.29, 1.82) is 0 Å². The Labute approximate surface area is 161 Å². The molecular formula is C16H29Cl2N3O2S. The zero-order valence-corrected chi connectivity index (χ0v) is 17.0. The van der Waals surface area contributed by atoms with Crippen LogP contribution in [0.25, 0.3) is 0 Å². The van der Waals surface area contributed by atoms with Crippen LogP contribution in [-0.2, 0) is 9.53 Å². The molecule has 1 aromatic heterocycles. The van der Waals surface area contributed by atoms with E-state index in [9.17, 15) is 4.79 Å². The summed E-state index contributed by atoms with van der Waals surface area (Å²) in [5.41, 5.74) is 5.87. The summed E-state index contributed by atoms with van der Waals surface area (Å²) in [5, 5.41) is 2.09. The number of ether oxygens (including phenoxy) is 1. The fourth-order valence-electron chi connectivity index (χ4n) is 2.68. The standard InChI is InChI=1S/C16H27N3O2S.2ClH/c1-12(13(2)17)16(20)18(3)11-14(15-5-4-10-22-15)19-6-8-21-9-7-19;;/h4-5,10,12-14H,6-9,11,17H2,1-3H3;2*1H. The van der Waals surface area contributed by atoms with Crippen LogP contribution in [-0.4, -0.2) is 61.6 Å². The number of likely N-dealkylation sites (N-methyl/N-ethyl adjacent to an activating group) is 1. The lowest BCUT2D eigenvalue weighted by molar-refractivity contribution is -0.135. The van der Waals surface area contributed by atoms with Crippen LogP contribution in [0.1, 0.15) is 24.8 Å². The Bertz CT molecular complexity index is 468. The first-order valence-corrected chi connectivity index (χ1v) is 8.74. The molecule has 0 bridgehead atoms. The van der Waals surface area contributed by atoms with Crippen molar-refractivity contribution in [2.45, 2.75) is 25.9 Å². The number of hydrogen-bond acceptors (Lipinski definition) is 5. The average molecular weight is 398 g/mol. The highest BCUT2D eigenvalue weighted by atomic mass is 35.5. The van der Waals surface area contributed by atoms with Gasteiger partial charge in [-0.05, 0) is 18.4 Å². The Morgan fingerprint density at radius 1 is 1.38 bits per heavy atom. The SMILES string of the molecule is CC(N)C(C)C(=O)N(C)CC(c1cccs1)N1CCOCC1.Cl.Cl. The van der Waals surface area contributed by atoms with Gasteiger partial charge in [-0.25, -0.2) is 0 Å². The van der Waals surface area contributed by atoms with E-state index in [4.69, 9.17) is 10.5 Å². The molecule has 1 aromatic rings. The quantitative estimate of drug-likeness (QED) is 0.800. The number of hydrogen-bond donors (Lipinski definition) is 1. The van der Waals surface area contributed by atoms with Gasteiger partial charge in [0.05, 0.1) is 25.2 Å². The van der Waals surface area contributed by atoms with E-state index in [0.29, 0.717) is 6.54 Å². The molecule has 1 aliphatic heterocycles. The van der Waals surface area contributed by atoms with E-state index in [1.165, 1.54) is 4.88 Å². The van der Waals surface area contributed by atoms with Crippen LogP contribution < -0.4 is 5.73 Å². The largest absolute Gasteiger partial charge is 0.379 e. The number of carbonyl (C=O) groups excluding carboxylic acids is 1. The summed E-state index contributed by atoms with van der Waals surface area (Å²) in [5.74, 6) is -0.0384. The van der Waals surface area contributed by atoms with Gasteiger partial charge in [-0.3, -0.25) is 9.69 Å². The molecule has 0 radical (unpaired) electrons. The highest BCUT2D eigenvalue weighted by molar-refractivity contribution is 7.10. The molecule has 1 aliphatic rings. The monoisotopic (exact) mass is 397 g/mol. The molecule has 1 fully saturated rings. The number of nitrogens with zero attached hydrogens (tertiary/aromatic N) is 2. The Balaban J connectivity index is 0.00000264. The highest BCUT2D eigenvalue weighted by Gasteiger charge is 2.28. The second-order valence-electron chi connectivity index (χ2n) is 6.05. The van der Waals surface area contributed by atoms with Crippen LogP contribution in [0, 0.1) is 5.92 Å². The van der Waals surface area contributed by atoms with Gasteiger partial charge in [0, 0.05) is 37.6 Å². The van der Waals surface area contributed by atoms with Gasteiger partial charge in [0.2, 0.25) is 5.91 Å². The molecule has 0 aromatic carbocycles. The molecule has 2 N–H and O–H groups in total. The summed E-state index contributed by atoms with van der Waals surface area (Å²) in [7, 11) is 1.88. The van der Waals surface area contributed by atoms with Crippen LogP contribution in [0.15, 0.2) is 17.5 Å². The van der Waals surface area contributed by atoms with Crippen LogP contribution in [0.4, 0.5) is 0 Å². The van der Waals surface area contributed by atoms with Crippen molar-refractivity contribution in [2.75, 3.05) is 39.9 Å². The van der Waals surface area contributed by atoms with Crippen molar-refractivity contribution >= 4 is 42.1 Å². The molecule has 0 aliphatic carbocycles. The molecular weight excluding hydrogens is 369 g/mol. The lowest BCUT2D eigenvalue weighted by atomic mass is 10.0. The number of nitrogens with two attached hydrogens (primary N) is 1. The minimum atomic E-state index is -0.154. The maximum atomic E-state index is 12.5. The van der Waals surface area contributed by atoms with Crippen molar-refractivity contribution in [2.24, 2.45) is 11.7 Å². The summed E-state index contributed by atoms with van der Waals surface area (Å²) < 4.78 is 5.45. The number of rotatable bonds is 6. The molecule has 5 nitrogen and oxygen atoms in total. The zero-order valence-electron chi connectivity index (χ0n) is 14.5. The first-order chi connectivity index (χ1) is 10.5. The molecule has 2 rings (SSSR count). The van der Waals surface area contributed by atoms with E-state index in [1.54, 1.807) is 11.3 Å². The van der Waals surface area contributed by atoms with E-state index in [2.05, 4.69) is 22.4 Å². The Kier molecular flexibility index (Phi) is 11.1. The van der Waals surface area contributed by atoms with E-state index in [1.807, 2.05) is 25.8 Å². The van der Waals surface area contributed by atoms with Gasteiger partial charge in [0.15, 0.2) is 0 Å². The fraction of sp³-hybridized carbons (Fsp3) is 0.688. The van der Waals surface area contributed by atoms with Gasteiger partial charge in [-0.2, -0.15) is 0 Å². The van der Waals surface area contributed by atoms with E-state index in [-0.39, 0.29) is 48.7 Å². The van der Waals surface area contributed by atoms with Gasteiger partial charge < -0.3 is 15.4 Å². The van der Waals surface area contributed by atoms with Gasteiger partial charge in [0.25, 0.3) is 0 Å². The van der Waals surface area contributed by atoms with Crippen LogP contribution in [0.2, 0.25) is 0 Å². The normalized spacial score (nSPS) is 18.7. The molecule has 3 unspecified atom stereocenters. The third kappa shape index (κ3) is 6.17. The average Bonchev–Trinajstić information content (AvgIpc) is 3.05. The second-order valence-corrected chi connectivity index (χ2v) is 7.03. The molecule has 1 amide bonds. The molecule has 140 valence electrons. The fourth-order valence-corrected chi connectivity index (χ4v) is 3.53. The van der Waals surface area contributed by atoms with E-state index >= 15 is 0 Å². The Morgan fingerprint density at radius 2 is 2.00 bits per heavy atom. The minimum Gasteiger partial charge on any atom is -0.379 e. The van der Waals surface area contributed by atoms with E-state index < -0.39 is 0 Å². The topological polar surface area (TPSA) is 58.8 Å². The smallest absolute Gasteiger partial charge is 0.226 e. The molecule has 0 spiro atoms.